The normalized spacial score (nSPS) is 12.4. The lowest BCUT2D eigenvalue weighted by molar-refractivity contribution is 0.652. The van der Waals surface area contributed by atoms with Crippen molar-refractivity contribution in [3.05, 3.63) is 49.6 Å². The van der Waals surface area contributed by atoms with Gasteiger partial charge < -0.3 is 10.2 Å². The van der Waals surface area contributed by atoms with Crippen LogP contribution in [0, 0.1) is 0 Å². The van der Waals surface area contributed by atoms with Crippen molar-refractivity contribution in [2.75, 3.05) is 19.0 Å². The Morgan fingerprint density at radius 3 is 2.65 bits per heavy atom. The smallest absolute Gasteiger partial charge is 0.0931 e. The van der Waals surface area contributed by atoms with E-state index < -0.39 is 0 Å². The van der Waals surface area contributed by atoms with E-state index >= 15 is 0 Å². The molecule has 5 heteroatoms. The van der Waals surface area contributed by atoms with Crippen LogP contribution in [-0.2, 0) is 6.54 Å². The summed E-state index contributed by atoms with van der Waals surface area (Å²) >= 11 is 11.3. The summed E-state index contributed by atoms with van der Waals surface area (Å²) in [5.74, 6) is 0. The molecule has 108 valence electrons. The first-order valence-electron chi connectivity index (χ1n) is 6.43. The Hall–Kier alpha value is -0.550. The van der Waals surface area contributed by atoms with Crippen LogP contribution in [0.25, 0.3) is 0 Å². The minimum absolute atomic E-state index is 0.349. The fourth-order valence-corrected chi connectivity index (χ4v) is 3.86. The molecule has 0 radical (unpaired) electrons. The number of nitrogens with one attached hydrogen (secondary N) is 1. The molecule has 0 bridgehead atoms. The fourth-order valence-electron chi connectivity index (χ4n) is 2.02. The Morgan fingerprint density at radius 2 is 2.10 bits per heavy atom. The Kier molecular flexibility index (Phi) is 5.49. The maximum atomic E-state index is 5.98. The van der Waals surface area contributed by atoms with E-state index in [9.17, 15) is 0 Å². The number of nitrogens with zero attached hydrogens (tertiary/aromatic N) is 1. The van der Waals surface area contributed by atoms with Crippen LogP contribution >= 0.6 is 38.9 Å². The van der Waals surface area contributed by atoms with Gasteiger partial charge in [0.25, 0.3) is 0 Å². The highest BCUT2D eigenvalue weighted by Crippen LogP contribution is 2.31. The first-order chi connectivity index (χ1) is 9.51. The molecule has 0 fully saturated rings. The highest BCUT2D eigenvalue weighted by Gasteiger charge is 2.10. The van der Waals surface area contributed by atoms with Gasteiger partial charge in [0, 0.05) is 22.4 Å². The van der Waals surface area contributed by atoms with E-state index in [-0.39, 0.29) is 0 Å². The second kappa shape index (κ2) is 6.94. The fraction of sp³-hybridized carbons (Fsp3) is 0.333. The first-order valence-corrected chi connectivity index (χ1v) is 8.42. The van der Waals surface area contributed by atoms with E-state index in [1.807, 2.05) is 13.1 Å². The molecule has 1 aromatic carbocycles. The highest BCUT2D eigenvalue weighted by molar-refractivity contribution is 9.10. The zero-order valence-electron chi connectivity index (χ0n) is 11.8. The highest BCUT2D eigenvalue weighted by atomic mass is 79.9. The lowest BCUT2D eigenvalue weighted by Gasteiger charge is -2.21. The van der Waals surface area contributed by atoms with E-state index in [2.05, 4.69) is 64.4 Å². The van der Waals surface area contributed by atoms with Crippen LogP contribution in [-0.4, -0.2) is 14.1 Å². The predicted octanol–water partition coefficient (Wildman–Crippen LogP) is 5.08. The van der Waals surface area contributed by atoms with Gasteiger partial charge in [-0.05, 0) is 59.7 Å². The largest absolute Gasteiger partial charge is 0.369 e. The molecule has 20 heavy (non-hydrogen) atoms. The van der Waals surface area contributed by atoms with Crippen LogP contribution in [0.3, 0.4) is 0 Å². The second-order valence-corrected chi connectivity index (χ2v) is 7.44. The Labute approximate surface area is 137 Å². The van der Waals surface area contributed by atoms with Gasteiger partial charge in [0.2, 0.25) is 0 Å². The second-order valence-electron chi connectivity index (χ2n) is 4.78. The first kappa shape index (κ1) is 15.8. The summed E-state index contributed by atoms with van der Waals surface area (Å²) in [5, 5.41) is 3.25. The number of benzene rings is 1. The number of thiophene rings is 1. The van der Waals surface area contributed by atoms with Crippen LogP contribution in [0.4, 0.5) is 5.69 Å². The van der Waals surface area contributed by atoms with Crippen molar-refractivity contribution in [3.8, 4) is 0 Å². The van der Waals surface area contributed by atoms with Crippen molar-refractivity contribution in [2.45, 2.75) is 19.5 Å². The maximum Gasteiger partial charge on any atom is 0.0931 e. The summed E-state index contributed by atoms with van der Waals surface area (Å²) in [7, 11) is 4.06. The van der Waals surface area contributed by atoms with Crippen molar-refractivity contribution in [3.63, 3.8) is 0 Å². The molecule has 1 heterocycles. The maximum absolute atomic E-state index is 5.98. The van der Waals surface area contributed by atoms with Crippen LogP contribution in [0.1, 0.15) is 23.4 Å². The summed E-state index contributed by atoms with van der Waals surface area (Å²) in [6.45, 7) is 3.01. The van der Waals surface area contributed by atoms with Crippen LogP contribution < -0.4 is 10.2 Å². The minimum atomic E-state index is 0.349. The van der Waals surface area contributed by atoms with Gasteiger partial charge in [0.1, 0.15) is 0 Å². The van der Waals surface area contributed by atoms with Crippen LogP contribution in [0.5, 0.6) is 0 Å². The molecule has 0 aliphatic carbocycles. The van der Waals surface area contributed by atoms with Crippen LogP contribution in [0.15, 0.2) is 34.8 Å². The molecule has 0 saturated carbocycles. The summed E-state index contributed by atoms with van der Waals surface area (Å²) in [4.78, 5) is 3.48. The van der Waals surface area contributed by atoms with Gasteiger partial charge >= 0.3 is 0 Å². The molecule has 1 unspecified atom stereocenters. The Balaban J connectivity index is 2.15. The molecule has 1 N–H and O–H groups in total. The van der Waals surface area contributed by atoms with Crippen molar-refractivity contribution in [1.29, 1.82) is 0 Å². The third-order valence-electron chi connectivity index (χ3n) is 3.34. The van der Waals surface area contributed by atoms with Crippen molar-refractivity contribution in [1.82, 2.24) is 5.32 Å². The lowest BCUT2D eigenvalue weighted by Crippen LogP contribution is -2.17. The molecule has 2 aromatic rings. The van der Waals surface area contributed by atoms with Crippen molar-refractivity contribution in [2.24, 2.45) is 0 Å². The van der Waals surface area contributed by atoms with Crippen LogP contribution in [0.2, 0.25) is 4.34 Å². The summed E-state index contributed by atoms with van der Waals surface area (Å²) < 4.78 is 1.95. The van der Waals surface area contributed by atoms with E-state index in [1.165, 1.54) is 16.1 Å². The van der Waals surface area contributed by atoms with Gasteiger partial charge in [0.05, 0.1) is 16.6 Å². The van der Waals surface area contributed by atoms with E-state index in [1.54, 1.807) is 11.3 Å². The van der Waals surface area contributed by atoms with Gasteiger partial charge in [-0.15, -0.1) is 11.3 Å². The third-order valence-corrected chi connectivity index (χ3v) is 5.19. The number of hydrogen-bond acceptors (Lipinski definition) is 3. The van der Waals surface area contributed by atoms with Gasteiger partial charge in [-0.1, -0.05) is 17.7 Å². The van der Waals surface area contributed by atoms with Gasteiger partial charge in [-0.3, -0.25) is 0 Å². The number of anilines is 1. The molecule has 0 aliphatic heterocycles. The van der Waals surface area contributed by atoms with E-state index in [0.29, 0.717) is 6.04 Å². The molecule has 2 rings (SSSR count). The van der Waals surface area contributed by atoms with Gasteiger partial charge in [-0.25, -0.2) is 0 Å². The minimum Gasteiger partial charge on any atom is -0.369 e. The monoisotopic (exact) mass is 372 g/mol. The van der Waals surface area contributed by atoms with Crippen molar-refractivity contribution >= 4 is 44.6 Å². The van der Waals surface area contributed by atoms with E-state index in [0.717, 1.165) is 15.4 Å². The summed E-state index contributed by atoms with van der Waals surface area (Å²) in [5.41, 5.74) is 2.46. The molecular formula is C15H18BrClN2S. The van der Waals surface area contributed by atoms with Gasteiger partial charge in [0.15, 0.2) is 0 Å². The predicted molar refractivity (Wildman–Crippen MR) is 93.1 cm³/mol. The molecule has 2 nitrogen and oxygen atoms in total. The quantitative estimate of drug-likeness (QED) is 0.786. The zero-order chi connectivity index (χ0) is 14.7. The topological polar surface area (TPSA) is 15.3 Å². The number of hydrogen-bond donors (Lipinski definition) is 1. The average molecular weight is 374 g/mol. The summed E-state index contributed by atoms with van der Waals surface area (Å²) in [6.07, 6.45) is 0. The molecule has 0 aliphatic rings. The Bertz CT molecular complexity index is 585. The van der Waals surface area contributed by atoms with E-state index in [4.69, 9.17) is 11.6 Å². The Morgan fingerprint density at radius 1 is 1.35 bits per heavy atom. The zero-order valence-corrected chi connectivity index (χ0v) is 14.9. The van der Waals surface area contributed by atoms with Crippen molar-refractivity contribution < 1.29 is 0 Å². The lowest BCUT2D eigenvalue weighted by atomic mass is 10.1. The SMILES string of the molecule is CNC(C)c1ccc(N(C)Cc2ccc(Cl)s2)c(Br)c1. The van der Waals surface area contributed by atoms with Gasteiger partial charge in [-0.2, -0.15) is 0 Å². The molecule has 1 aromatic heterocycles. The summed E-state index contributed by atoms with van der Waals surface area (Å²) in [6, 6.07) is 10.9. The molecule has 0 amide bonds. The molecule has 0 saturated heterocycles. The standard InChI is InChI=1S/C15H18BrClN2S/c1-10(18-2)11-4-6-14(13(16)8-11)19(3)9-12-5-7-15(17)20-12/h4-8,10,18H,9H2,1-3H3. The molecule has 1 atom stereocenters. The molecular weight excluding hydrogens is 356 g/mol. The average Bonchev–Trinajstić information content (AvgIpc) is 2.82. The number of rotatable bonds is 5. The number of halogens is 2. The third kappa shape index (κ3) is 3.76. The molecule has 0 spiro atoms.